The number of hydrogen-bond acceptors (Lipinski definition) is 8. The third kappa shape index (κ3) is 9.96. The quantitative estimate of drug-likeness (QED) is 0.137. The Balaban J connectivity index is 1.18. The van der Waals surface area contributed by atoms with Crippen molar-refractivity contribution in [3.05, 3.63) is 108 Å². The molecule has 1 aromatic heterocycles. The number of hydrogen-bond donors (Lipinski definition) is 4. The predicted molar refractivity (Wildman–Crippen MR) is 191 cm³/mol. The number of aromatic nitrogens is 2. The second-order valence-corrected chi connectivity index (χ2v) is 14.8. The van der Waals surface area contributed by atoms with E-state index < -0.39 is 15.9 Å². The molecule has 51 heavy (non-hydrogen) atoms. The first-order chi connectivity index (χ1) is 24.7. The Kier molecular flexibility index (Phi) is 12.0. The average molecular weight is 716 g/mol. The second kappa shape index (κ2) is 17.0. The molecule has 12 nitrogen and oxygen atoms in total. The van der Waals surface area contributed by atoms with Gasteiger partial charge >= 0.3 is 0 Å². The third-order valence-electron chi connectivity index (χ3n) is 9.37. The number of phenols is 1. The number of phenolic OH excluding ortho intramolecular Hbond substituents is 1. The molecule has 4 N–H and O–H groups in total. The van der Waals surface area contributed by atoms with Crippen LogP contribution in [0.4, 0.5) is 5.82 Å². The van der Waals surface area contributed by atoms with E-state index in [4.69, 9.17) is 9.47 Å². The standard InChI is InChI=1S/C38H45N5O7S/c44-29-19-21-30(22-20-29)51(47,48)42-36-23-33(38(46)40-32-16-8-10-18-35(32)50-26-28-13-5-2-6-14-28)43(41-36)24-37(45)39-31-15-7-9-17-34(31)49-25-27-11-3-1-4-12-27/h1-6,11-14,19-23,31-32,34-35,44H,7-10,15-18,24-26H2,(H,39,45)(H,40,46)(H,41,42)/t31-,32-,34-,35-/m0/s1. The zero-order valence-electron chi connectivity index (χ0n) is 28.4. The number of benzene rings is 3. The molecular formula is C38H45N5O7S. The molecule has 0 spiro atoms. The molecule has 270 valence electrons. The van der Waals surface area contributed by atoms with E-state index >= 15 is 0 Å². The summed E-state index contributed by atoms with van der Waals surface area (Å²) in [5.74, 6) is -1.07. The van der Waals surface area contributed by atoms with Gasteiger partial charge in [0.2, 0.25) is 5.91 Å². The topological polar surface area (TPSA) is 161 Å². The molecule has 2 aliphatic rings. The summed E-state index contributed by atoms with van der Waals surface area (Å²) in [5, 5.41) is 20.2. The highest BCUT2D eigenvalue weighted by Crippen LogP contribution is 2.25. The lowest BCUT2D eigenvalue weighted by Gasteiger charge is -2.32. The minimum absolute atomic E-state index is 0.0291. The lowest BCUT2D eigenvalue weighted by Crippen LogP contribution is -2.48. The number of nitrogens with zero attached hydrogens (tertiary/aromatic N) is 2. The summed E-state index contributed by atoms with van der Waals surface area (Å²) < 4.78 is 42.5. The Morgan fingerprint density at radius 1 is 0.745 bits per heavy atom. The van der Waals surface area contributed by atoms with Crippen molar-refractivity contribution in [1.82, 2.24) is 20.4 Å². The Hall–Kier alpha value is -4.72. The van der Waals surface area contributed by atoms with Gasteiger partial charge in [0.15, 0.2) is 5.82 Å². The largest absolute Gasteiger partial charge is 0.508 e. The van der Waals surface area contributed by atoms with Crippen LogP contribution < -0.4 is 15.4 Å². The molecule has 4 atom stereocenters. The van der Waals surface area contributed by atoms with Gasteiger partial charge in [-0.1, -0.05) is 86.3 Å². The fourth-order valence-electron chi connectivity index (χ4n) is 6.70. The van der Waals surface area contributed by atoms with Crippen LogP contribution in [0.5, 0.6) is 5.75 Å². The van der Waals surface area contributed by atoms with E-state index in [1.165, 1.54) is 35.0 Å². The monoisotopic (exact) mass is 715 g/mol. The Morgan fingerprint density at radius 2 is 1.27 bits per heavy atom. The van der Waals surface area contributed by atoms with Gasteiger partial charge in [0, 0.05) is 6.07 Å². The molecule has 0 unspecified atom stereocenters. The predicted octanol–water partition coefficient (Wildman–Crippen LogP) is 5.29. The summed E-state index contributed by atoms with van der Waals surface area (Å²) in [7, 11) is -4.12. The smallest absolute Gasteiger partial charge is 0.269 e. The van der Waals surface area contributed by atoms with E-state index in [9.17, 15) is 23.1 Å². The molecule has 0 bridgehead atoms. The number of sulfonamides is 1. The number of anilines is 1. The van der Waals surface area contributed by atoms with Gasteiger partial charge in [-0.15, -0.1) is 0 Å². The Morgan fingerprint density at radius 3 is 1.84 bits per heavy atom. The van der Waals surface area contributed by atoms with Gasteiger partial charge < -0.3 is 25.2 Å². The number of amides is 2. The van der Waals surface area contributed by atoms with Crippen LogP contribution in [-0.2, 0) is 44.1 Å². The maximum atomic E-state index is 13.9. The zero-order valence-corrected chi connectivity index (χ0v) is 29.3. The van der Waals surface area contributed by atoms with E-state index in [2.05, 4.69) is 20.5 Å². The number of ether oxygens (including phenoxy) is 2. The van der Waals surface area contributed by atoms with Crippen LogP contribution in [0.3, 0.4) is 0 Å². The van der Waals surface area contributed by atoms with Crippen LogP contribution in [0.1, 0.15) is 73.0 Å². The van der Waals surface area contributed by atoms with Crippen LogP contribution in [0.15, 0.2) is 95.9 Å². The number of aromatic hydroxyl groups is 1. The average Bonchev–Trinajstić information content (AvgIpc) is 3.52. The van der Waals surface area contributed by atoms with Crippen molar-refractivity contribution in [3.63, 3.8) is 0 Å². The molecule has 2 fully saturated rings. The van der Waals surface area contributed by atoms with Crippen molar-refractivity contribution in [3.8, 4) is 5.75 Å². The first kappa shape index (κ1) is 36.1. The maximum absolute atomic E-state index is 13.9. The van der Waals surface area contributed by atoms with Gasteiger partial charge in [0.1, 0.15) is 18.0 Å². The summed E-state index contributed by atoms with van der Waals surface area (Å²) >= 11 is 0. The SMILES string of the molecule is O=C(Cn1nc(NS(=O)(=O)c2ccc(O)cc2)cc1C(=O)N[C@H]1CCCC[C@@H]1OCc1ccccc1)N[C@H]1CCCC[C@@H]1OCc1ccccc1. The Bertz CT molecular complexity index is 1850. The highest BCUT2D eigenvalue weighted by atomic mass is 32.2. The minimum Gasteiger partial charge on any atom is -0.508 e. The molecular weight excluding hydrogens is 671 g/mol. The molecule has 2 saturated carbocycles. The molecule has 3 aromatic carbocycles. The molecule has 4 aromatic rings. The molecule has 6 rings (SSSR count). The van der Waals surface area contributed by atoms with Gasteiger partial charge in [-0.05, 0) is 61.1 Å². The van der Waals surface area contributed by atoms with Gasteiger partial charge in [0.25, 0.3) is 15.9 Å². The lowest BCUT2D eigenvalue weighted by atomic mass is 9.92. The maximum Gasteiger partial charge on any atom is 0.269 e. The summed E-state index contributed by atoms with van der Waals surface area (Å²) in [4.78, 5) is 27.3. The van der Waals surface area contributed by atoms with E-state index in [0.29, 0.717) is 19.6 Å². The first-order valence-electron chi connectivity index (χ1n) is 17.5. The van der Waals surface area contributed by atoms with Crippen LogP contribution in [0.2, 0.25) is 0 Å². The van der Waals surface area contributed by atoms with Gasteiger partial charge in [-0.25, -0.2) is 13.1 Å². The fourth-order valence-corrected chi connectivity index (χ4v) is 7.69. The van der Waals surface area contributed by atoms with Crippen LogP contribution in [0.25, 0.3) is 0 Å². The molecule has 0 saturated heterocycles. The molecule has 2 aliphatic carbocycles. The van der Waals surface area contributed by atoms with E-state index in [-0.39, 0.29) is 58.9 Å². The number of carbonyl (C=O) groups excluding carboxylic acids is 2. The van der Waals surface area contributed by atoms with Gasteiger partial charge in [-0.3, -0.25) is 14.3 Å². The van der Waals surface area contributed by atoms with Crippen molar-refractivity contribution in [2.75, 3.05) is 4.72 Å². The normalized spacial score (nSPS) is 20.7. The number of nitrogens with one attached hydrogen (secondary N) is 3. The van der Waals surface area contributed by atoms with Crippen molar-refractivity contribution < 1.29 is 32.6 Å². The van der Waals surface area contributed by atoms with Crippen molar-refractivity contribution in [1.29, 1.82) is 0 Å². The highest BCUT2D eigenvalue weighted by molar-refractivity contribution is 7.92. The lowest BCUT2D eigenvalue weighted by molar-refractivity contribution is -0.124. The molecule has 1 heterocycles. The van der Waals surface area contributed by atoms with Crippen LogP contribution >= 0.6 is 0 Å². The Labute approximate surface area is 298 Å². The molecule has 0 aliphatic heterocycles. The number of rotatable bonds is 14. The zero-order chi connectivity index (χ0) is 35.6. The van der Waals surface area contributed by atoms with Gasteiger partial charge in [-0.2, -0.15) is 5.10 Å². The molecule has 0 radical (unpaired) electrons. The second-order valence-electron chi connectivity index (χ2n) is 13.2. The van der Waals surface area contributed by atoms with Crippen molar-refractivity contribution in [2.45, 2.75) is 100 Å². The minimum atomic E-state index is -4.12. The molecule has 2 amide bonds. The van der Waals surface area contributed by atoms with E-state index in [0.717, 1.165) is 56.1 Å². The van der Waals surface area contributed by atoms with E-state index in [1.54, 1.807) is 0 Å². The summed E-state index contributed by atoms with van der Waals surface area (Å²) in [5.41, 5.74) is 2.11. The first-order valence-corrected chi connectivity index (χ1v) is 19.0. The van der Waals surface area contributed by atoms with Gasteiger partial charge in [0.05, 0.1) is 42.4 Å². The highest BCUT2D eigenvalue weighted by Gasteiger charge is 2.31. The van der Waals surface area contributed by atoms with Crippen LogP contribution in [-0.4, -0.2) is 59.4 Å². The molecule has 13 heteroatoms. The number of carbonyl (C=O) groups is 2. The van der Waals surface area contributed by atoms with Crippen molar-refractivity contribution >= 4 is 27.7 Å². The summed E-state index contributed by atoms with van der Waals surface area (Å²) in [6.45, 7) is 0.531. The summed E-state index contributed by atoms with van der Waals surface area (Å²) in [6.07, 6.45) is 6.52. The fraction of sp³-hybridized carbons (Fsp3) is 0.395. The van der Waals surface area contributed by atoms with Crippen molar-refractivity contribution in [2.24, 2.45) is 0 Å². The third-order valence-corrected chi connectivity index (χ3v) is 10.7. The van der Waals surface area contributed by atoms with Crippen LogP contribution in [0, 0.1) is 0 Å². The van der Waals surface area contributed by atoms with E-state index in [1.807, 2.05) is 60.7 Å². The summed E-state index contributed by atoms with van der Waals surface area (Å²) in [6, 6.07) is 25.6.